The molecule has 0 amide bonds. The summed E-state index contributed by atoms with van der Waals surface area (Å²) in [6.45, 7) is 6.45. The molecule has 0 bridgehead atoms. The summed E-state index contributed by atoms with van der Waals surface area (Å²) in [4.78, 5) is 31.0. The number of pyridine rings is 2. The number of unbranched alkanes of at least 4 members (excludes halogenated alkanes) is 1. The minimum atomic E-state index is -1.90. The number of esters is 1. The molecule has 3 aliphatic rings. The molecule has 4 heterocycles. The van der Waals surface area contributed by atoms with Gasteiger partial charge >= 0.3 is 5.97 Å². The largest absolute Gasteiger partial charge is 0.458 e. The average Bonchev–Trinajstić information content (AvgIpc) is 3.39. The number of cyclic esters (lactones) is 1. The number of aliphatic hydroxyl groups excluding tert-OH is 1. The molecule has 0 saturated carbocycles. The zero-order valence-electron chi connectivity index (χ0n) is 21.2. The minimum Gasteiger partial charge on any atom is -0.458 e. The third kappa shape index (κ3) is 3.20. The second-order valence-corrected chi connectivity index (χ2v) is 10.6. The third-order valence-electron chi connectivity index (χ3n) is 8.49. The fourth-order valence-electron chi connectivity index (χ4n) is 6.41. The van der Waals surface area contributed by atoms with Gasteiger partial charge in [-0.15, -0.1) is 0 Å². The Morgan fingerprint density at radius 3 is 2.73 bits per heavy atom. The molecule has 194 valence electrons. The molecule has 2 aliphatic heterocycles. The second-order valence-electron chi connectivity index (χ2n) is 10.6. The molecule has 1 aliphatic carbocycles. The lowest BCUT2D eigenvalue weighted by molar-refractivity contribution is -0.172. The zero-order chi connectivity index (χ0) is 26.3. The van der Waals surface area contributed by atoms with E-state index >= 15 is 4.39 Å². The van der Waals surface area contributed by atoms with Crippen LogP contribution < -0.4 is 10.9 Å². The zero-order valence-corrected chi connectivity index (χ0v) is 21.2. The van der Waals surface area contributed by atoms with Crippen LogP contribution in [0.3, 0.4) is 0 Å². The molecule has 0 radical (unpaired) electrons. The Morgan fingerprint density at radius 2 is 2.00 bits per heavy atom. The summed E-state index contributed by atoms with van der Waals surface area (Å²) in [5.74, 6) is -1.09. The molecule has 37 heavy (non-hydrogen) atoms. The first-order chi connectivity index (χ1) is 17.6. The Labute approximate surface area is 213 Å². The highest BCUT2D eigenvalue weighted by Gasteiger charge is 2.47. The van der Waals surface area contributed by atoms with Gasteiger partial charge in [0, 0.05) is 34.7 Å². The highest BCUT2D eigenvalue weighted by molar-refractivity contribution is 5.95. The van der Waals surface area contributed by atoms with Crippen molar-refractivity contribution in [1.29, 1.82) is 0 Å². The molecule has 3 aromatic rings. The van der Waals surface area contributed by atoms with Gasteiger partial charge in [-0.3, -0.25) is 4.79 Å². The van der Waals surface area contributed by atoms with E-state index in [4.69, 9.17) is 9.72 Å². The molecule has 0 spiro atoms. The summed E-state index contributed by atoms with van der Waals surface area (Å²) in [6.07, 6.45) is 2.12. The monoisotopic (exact) mass is 507 g/mol. The summed E-state index contributed by atoms with van der Waals surface area (Å²) in [5.41, 5.74) is 2.81. The summed E-state index contributed by atoms with van der Waals surface area (Å²) in [7, 11) is 0. The van der Waals surface area contributed by atoms with Crippen molar-refractivity contribution in [1.82, 2.24) is 14.9 Å². The molecule has 3 N–H and O–H groups in total. The van der Waals surface area contributed by atoms with E-state index in [0.29, 0.717) is 41.9 Å². The molecular formula is C28H30FN3O5. The average molecular weight is 508 g/mol. The minimum absolute atomic E-state index is 0.0641. The van der Waals surface area contributed by atoms with Crippen LogP contribution in [0.5, 0.6) is 0 Å². The Bertz CT molecular complexity index is 1560. The summed E-state index contributed by atoms with van der Waals surface area (Å²) >= 11 is 0. The molecule has 0 saturated heterocycles. The standard InChI is InChI=1S/C28H30FN3O5/c1-4-28(36)18-9-21-24-16(12-32(21)25(34)17(18)13-37-26(28)35)23-22-15(14(2)19(29)10-20(22)31-24)11-27(23,3)30-7-5-6-8-33/h9-10,30,33,36H,4-8,11-13H2,1-3H3/t27?,28-/m0/s1. The van der Waals surface area contributed by atoms with Crippen LogP contribution in [0.25, 0.3) is 22.3 Å². The maximum Gasteiger partial charge on any atom is 0.343 e. The number of hydrogen-bond donors (Lipinski definition) is 3. The van der Waals surface area contributed by atoms with Crippen molar-refractivity contribution in [3.8, 4) is 11.4 Å². The van der Waals surface area contributed by atoms with E-state index in [2.05, 4.69) is 12.2 Å². The van der Waals surface area contributed by atoms with Gasteiger partial charge in [0.2, 0.25) is 0 Å². The predicted molar refractivity (Wildman–Crippen MR) is 135 cm³/mol. The van der Waals surface area contributed by atoms with Crippen molar-refractivity contribution < 1.29 is 24.1 Å². The number of halogens is 1. The summed E-state index contributed by atoms with van der Waals surface area (Å²) < 4.78 is 21.8. The van der Waals surface area contributed by atoms with Crippen LogP contribution >= 0.6 is 0 Å². The van der Waals surface area contributed by atoms with E-state index < -0.39 is 17.1 Å². The number of nitrogens with zero attached hydrogens (tertiary/aromatic N) is 2. The number of carbonyl (C=O) groups excluding carboxylic acids is 1. The summed E-state index contributed by atoms with van der Waals surface area (Å²) in [5, 5.41) is 24.9. The van der Waals surface area contributed by atoms with E-state index in [1.165, 1.54) is 6.07 Å². The molecule has 1 unspecified atom stereocenters. The van der Waals surface area contributed by atoms with E-state index in [-0.39, 0.29) is 48.7 Å². The van der Waals surface area contributed by atoms with Crippen molar-refractivity contribution in [2.24, 2.45) is 0 Å². The van der Waals surface area contributed by atoms with Gasteiger partial charge in [-0.05, 0) is 68.8 Å². The van der Waals surface area contributed by atoms with Crippen LogP contribution in [-0.2, 0) is 40.2 Å². The highest BCUT2D eigenvalue weighted by Crippen LogP contribution is 2.49. The highest BCUT2D eigenvalue weighted by atomic mass is 19.1. The molecule has 9 heteroatoms. The van der Waals surface area contributed by atoms with Gasteiger partial charge in [0.1, 0.15) is 12.4 Å². The summed E-state index contributed by atoms with van der Waals surface area (Å²) in [6, 6.07) is 3.14. The molecule has 2 aromatic heterocycles. The van der Waals surface area contributed by atoms with Crippen LogP contribution in [0, 0.1) is 12.7 Å². The third-order valence-corrected chi connectivity index (χ3v) is 8.49. The van der Waals surface area contributed by atoms with Crippen molar-refractivity contribution in [3.63, 3.8) is 0 Å². The SMILES string of the molecule is CC[C@@]1(O)C(=O)OCc2c1cc1n(c2=O)Cc2c-1nc1cc(F)c(C)c3c1c2C(C)(NCCCCO)C3. The molecule has 6 rings (SSSR count). The van der Waals surface area contributed by atoms with Gasteiger partial charge in [0.15, 0.2) is 5.60 Å². The van der Waals surface area contributed by atoms with Crippen LogP contribution in [0.4, 0.5) is 4.39 Å². The second kappa shape index (κ2) is 8.18. The topological polar surface area (TPSA) is 114 Å². The van der Waals surface area contributed by atoms with Crippen molar-refractivity contribution in [3.05, 3.63) is 61.7 Å². The smallest absolute Gasteiger partial charge is 0.343 e. The fraction of sp³-hybridized carbons (Fsp3) is 0.464. The maximum atomic E-state index is 15.0. The Balaban J connectivity index is 1.60. The molecule has 0 fully saturated rings. The van der Waals surface area contributed by atoms with E-state index in [9.17, 15) is 19.8 Å². The Hall–Kier alpha value is -3.14. The maximum absolute atomic E-state index is 15.0. The van der Waals surface area contributed by atoms with Crippen LogP contribution in [0.2, 0.25) is 0 Å². The number of nitrogens with one attached hydrogen (secondary N) is 1. The fourth-order valence-corrected chi connectivity index (χ4v) is 6.41. The normalized spacial score (nSPS) is 23.2. The van der Waals surface area contributed by atoms with Crippen LogP contribution in [-0.4, -0.2) is 38.9 Å². The number of rotatable bonds is 6. The Morgan fingerprint density at radius 1 is 1.22 bits per heavy atom. The lowest BCUT2D eigenvalue weighted by Gasteiger charge is -2.31. The first-order valence-electron chi connectivity index (χ1n) is 12.8. The molecular weight excluding hydrogens is 477 g/mol. The number of ether oxygens (including phenoxy) is 1. The Kier molecular flexibility index (Phi) is 5.35. The van der Waals surface area contributed by atoms with E-state index in [0.717, 1.165) is 28.5 Å². The van der Waals surface area contributed by atoms with Crippen LogP contribution in [0.1, 0.15) is 66.5 Å². The van der Waals surface area contributed by atoms with Gasteiger partial charge in [-0.1, -0.05) is 6.92 Å². The lowest BCUT2D eigenvalue weighted by Crippen LogP contribution is -2.44. The quantitative estimate of drug-likeness (QED) is 0.272. The van der Waals surface area contributed by atoms with E-state index in [1.54, 1.807) is 24.5 Å². The van der Waals surface area contributed by atoms with Gasteiger partial charge in [0.25, 0.3) is 5.56 Å². The first-order valence-corrected chi connectivity index (χ1v) is 12.8. The lowest BCUT2D eigenvalue weighted by atomic mass is 9.85. The number of fused-ring (bicyclic) bond motifs is 5. The van der Waals surface area contributed by atoms with Crippen LogP contribution in [0.15, 0.2) is 16.9 Å². The number of benzene rings is 1. The van der Waals surface area contributed by atoms with Gasteiger partial charge in [0.05, 0.1) is 29.0 Å². The molecule has 1 aromatic carbocycles. The number of carbonyl (C=O) groups is 1. The van der Waals surface area contributed by atoms with Crippen molar-refractivity contribution >= 4 is 16.9 Å². The van der Waals surface area contributed by atoms with Gasteiger partial charge in [-0.2, -0.15) is 0 Å². The van der Waals surface area contributed by atoms with Crippen molar-refractivity contribution in [2.45, 2.75) is 70.7 Å². The predicted octanol–water partition coefficient (Wildman–Crippen LogP) is 2.66. The number of aliphatic hydroxyl groups is 2. The van der Waals surface area contributed by atoms with Crippen molar-refractivity contribution in [2.75, 3.05) is 13.2 Å². The molecule has 8 nitrogen and oxygen atoms in total. The molecule has 2 atom stereocenters. The van der Waals surface area contributed by atoms with Gasteiger partial charge in [-0.25, -0.2) is 14.2 Å². The number of aromatic nitrogens is 2. The first kappa shape index (κ1) is 24.2. The van der Waals surface area contributed by atoms with Gasteiger partial charge < -0.3 is 24.8 Å². The van der Waals surface area contributed by atoms with E-state index in [1.807, 2.05) is 0 Å². The number of hydrogen-bond acceptors (Lipinski definition) is 7.